The second kappa shape index (κ2) is 6.60. The molecule has 0 fully saturated rings. The molecule has 0 radical (unpaired) electrons. The molecule has 5 nitrogen and oxygen atoms in total. The fourth-order valence-electron chi connectivity index (χ4n) is 2.41. The largest absolute Gasteiger partial charge is 0.494 e. The molecule has 0 saturated carbocycles. The number of nitrogens with one attached hydrogen (secondary N) is 1. The van der Waals surface area contributed by atoms with Gasteiger partial charge in [0.15, 0.2) is 11.5 Å². The molecule has 3 rings (SSSR count). The zero-order valence-electron chi connectivity index (χ0n) is 13.2. The van der Waals surface area contributed by atoms with Gasteiger partial charge in [-0.15, -0.1) is 0 Å². The summed E-state index contributed by atoms with van der Waals surface area (Å²) >= 11 is 0. The molecule has 1 atom stereocenters. The summed E-state index contributed by atoms with van der Waals surface area (Å²) < 4.78 is 16.0. The predicted octanol–water partition coefficient (Wildman–Crippen LogP) is 3.31. The molecule has 1 amide bonds. The van der Waals surface area contributed by atoms with E-state index in [4.69, 9.17) is 14.2 Å². The fraction of sp³-hybridized carbons (Fsp3) is 0.278. The van der Waals surface area contributed by atoms with E-state index in [0.717, 1.165) is 17.1 Å². The third-order valence-electron chi connectivity index (χ3n) is 3.67. The SMILES string of the molecule is CCOc1ccc(C(=O)NC(C)c2ccc3c(c2)OCO3)cc1. The lowest BCUT2D eigenvalue weighted by Gasteiger charge is -2.15. The summed E-state index contributed by atoms with van der Waals surface area (Å²) in [6.45, 7) is 4.70. The predicted molar refractivity (Wildman–Crippen MR) is 86.1 cm³/mol. The van der Waals surface area contributed by atoms with Gasteiger partial charge in [0.25, 0.3) is 5.91 Å². The Balaban J connectivity index is 1.67. The normalized spacial score (nSPS) is 13.5. The highest BCUT2D eigenvalue weighted by molar-refractivity contribution is 5.94. The van der Waals surface area contributed by atoms with Crippen LogP contribution < -0.4 is 19.5 Å². The number of ether oxygens (including phenoxy) is 3. The van der Waals surface area contributed by atoms with Gasteiger partial charge in [0.2, 0.25) is 6.79 Å². The summed E-state index contributed by atoms with van der Waals surface area (Å²) in [5.41, 5.74) is 1.56. The molecule has 2 aromatic rings. The molecule has 2 aromatic carbocycles. The molecular weight excluding hydrogens is 294 g/mol. The third kappa shape index (κ3) is 3.39. The Morgan fingerprint density at radius 2 is 1.91 bits per heavy atom. The van der Waals surface area contributed by atoms with Gasteiger partial charge < -0.3 is 19.5 Å². The molecule has 1 N–H and O–H groups in total. The summed E-state index contributed by atoms with van der Waals surface area (Å²) in [4.78, 5) is 12.3. The van der Waals surface area contributed by atoms with Gasteiger partial charge >= 0.3 is 0 Å². The number of fused-ring (bicyclic) bond motifs is 1. The number of carbonyl (C=O) groups excluding carboxylic acids is 1. The van der Waals surface area contributed by atoms with E-state index in [0.29, 0.717) is 17.9 Å². The van der Waals surface area contributed by atoms with E-state index in [1.54, 1.807) is 24.3 Å². The van der Waals surface area contributed by atoms with Crippen LogP contribution in [0.25, 0.3) is 0 Å². The summed E-state index contributed by atoms with van der Waals surface area (Å²) in [5.74, 6) is 2.08. The Morgan fingerprint density at radius 3 is 2.65 bits per heavy atom. The Morgan fingerprint density at radius 1 is 1.17 bits per heavy atom. The van der Waals surface area contributed by atoms with Crippen LogP contribution in [0.5, 0.6) is 17.2 Å². The Labute approximate surface area is 135 Å². The lowest BCUT2D eigenvalue weighted by molar-refractivity contribution is 0.0939. The van der Waals surface area contributed by atoms with E-state index in [9.17, 15) is 4.79 Å². The number of hydrogen-bond acceptors (Lipinski definition) is 4. The van der Waals surface area contributed by atoms with Gasteiger partial charge in [0, 0.05) is 5.56 Å². The van der Waals surface area contributed by atoms with Crippen LogP contribution in [0, 0.1) is 0 Å². The van der Waals surface area contributed by atoms with Crippen LogP contribution in [0.3, 0.4) is 0 Å². The summed E-state index contributed by atoms with van der Waals surface area (Å²) in [7, 11) is 0. The van der Waals surface area contributed by atoms with Crippen molar-refractivity contribution < 1.29 is 19.0 Å². The first-order chi connectivity index (χ1) is 11.2. The van der Waals surface area contributed by atoms with Crippen molar-refractivity contribution >= 4 is 5.91 Å². The number of carbonyl (C=O) groups is 1. The topological polar surface area (TPSA) is 56.8 Å². The maximum atomic E-state index is 12.3. The van der Waals surface area contributed by atoms with Crippen molar-refractivity contribution in [3.8, 4) is 17.2 Å². The Bertz CT molecular complexity index is 697. The molecule has 23 heavy (non-hydrogen) atoms. The third-order valence-corrected chi connectivity index (χ3v) is 3.67. The molecule has 0 saturated heterocycles. The monoisotopic (exact) mass is 313 g/mol. The minimum atomic E-state index is -0.136. The maximum Gasteiger partial charge on any atom is 0.251 e. The van der Waals surface area contributed by atoms with Crippen LogP contribution in [-0.4, -0.2) is 19.3 Å². The molecule has 1 unspecified atom stereocenters. The average molecular weight is 313 g/mol. The van der Waals surface area contributed by atoms with Crippen LogP contribution in [0.1, 0.15) is 35.8 Å². The van der Waals surface area contributed by atoms with Gasteiger partial charge in [0.1, 0.15) is 5.75 Å². The van der Waals surface area contributed by atoms with Crippen molar-refractivity contribution in [3.05, 3.63) is 53.6 Å². The second-order valence-corrected chi connectivity index (χ2v) is 5.27. The van der Waals surface area contributed by atoms with Crippen molar-refractivity contribution in [2.75, 3.05) is 13.4 Å². The van der Waals surface area contributed by atoms with Crippen LogP contribution in [0.4, 0.5) is 0 Å². The molecule has 0 aromatic heterocycles. The Kier molecular flexibility index (Phi) is 4.37. The van der Waals surface area contributed by atoms with Crippen molar-refractivity contribution in [2.45, 2.75) is 19.9 Å². The van der Waals surface area contributed by atoms with Crippen molar-refractivity contribution in [3.63, 3.8) is 0 Å². The molecule has 0 bridgehead atoms. The number of amides is 1. The van der Waals surface area contributed by atoms with Gasteiger partial charge in [-0.25, -0.2) is 0 Å². The summed E-state index contributed by atoms with van der Waals surface area (Å²) in [6, 6.07) is 12.6. The molecule has 1 aliphatic rings. The molecular formula is C18H19NO4. The van der Waals surface area contributed by atoms with Gasteiger partial charge in [-0.1, -0.05) is 6.07 Å². The zero-order valence-corrected chi connectivity index (χ0v) is 13.2. The minimum Gasteiger partial charge on any atom is -0.494 e. The average Bonchev–Trinajstić information content (AvgIpc) is 3.03. The van der Waals surface area contributed by atoms with Crippen molar-refractivity contribution in [1.29, 1.82) is 0 Å². The van der Waals surface area contributed by atoms with Crippen molar-refractivity contribution in [1.82, 2.24) is 5.32 Å². The van der Waals surface area contributed by atoms with E-state index < -0.39 is 0 Å². The first kappa shape index (κ1) is 15.2. The summed E-state index contributed by atoms with van der Waals surface area (Å²) in [6.07, 6.45) is 0. The van der Waals surface area contributed by atoms with Crippen molar-refractivity contribution in [2.24, 2.45) is 0 Å². The number of hydrogen-bond donors (Lipinski definition) is 1. The lowest BCUT2D eigenvalue weighted by atomic mass is 10.1. The highest BCUT2D eigenvalue weighted by Crippen LogP contribution is 2.34. The molecule has 1 aliphatic heterocycles. The van der Waals surface area contributed by atoms with Crippen LogP contribution >= 0.6 is 0 Å². The highest BCUT2D eigenvalue weighted by Gasteiger charge is 2.17. The second-order valence-electron chi connectivity index (χ2n) is 5.27. The van der Waals surface area contributed by atoms with E-state index in [1.165, 1.54) is 0 Å². The summed E-state index contributed by atoms with van der Waals surface area (Å²) in [5, 5.41) is 2.98. The number of benzene rings is 2. The quantitative estimate of drug-likeness (QED) is 0.920. The lowest BCUT2D eigenvalue weighted by Crippen LogP contribution is -2.26. The van der Waals surface area contributed by atoms with E-state index >= 15 is 0 Å². The smallest absolute Gasteiger partial charge is 0.251 e. The molecule has 120 valence electrons. The maximum absolute atomic E-state index is 12.3. The standard InChI is InChI=1S/C18H19NO4/c1-3-21-15-7-4-13(5-8-15)18(20)19-12(2)14-6-9-16-17(10-14)23-11-22-16/h4-10,12H,3,11H2,1-2H3,(H,19,20). The highest BCUT2D eigenvalue weighted by atomic mass is 16.7. The van der Waals surface area contributed by atoms with E-state index in [1.807, 2.05) is 32.0 Å². The van der Waals surface area contributed by atoms with Gasteiger partial charge in [0.05, 0.1) is 12.6 Å². The Hall–Kier alpha value is -2.69. The van der Waals surface area contributed by atoms with Gasteiger partial charge in [-0.2, -0.15) is 0 Å². The van der Waals surface area contributed by atoms with E-state index in [2.05, 4.69) is 5.32 Å². The molecule has 5 heteroatoms. The van der Waals surface area contributed by atoms with Crippen LogP contribution in [-0.2, 0) is 0 Å². The minimum absolute atomic E-state index is 0.127. The van der Waals surface area contributed by atoms with E-state index in [-0.39, 0.29) is 18.7 Å². The molecule has 0 spiro atoms. The van der Waals surface area contributed by atoms with Gasteiger partial charge in [-0.05, 0) is 55.8 Å². The molecule has 0 aliphatic carbocycles. The van der Waals surface area contributed by atoms with Crippen LogP contribution in [0.15, 0.2) is 42.5 Å². The molecule has 1 heterocycles. The first-order valence-corrected chi connectivity index (χ1v) is 7.60. The fourth-order valence-corrected chi connectivity index (χ4v) is 2.41. The van der Waals surface area contributed by atoms with Gasteiger partial charge in [-0.3, -0.25) is 4.79 Å². The van der Waals surface area contributed by atoms with Crippen LogP contribution in [0.2, 0.25) is 0 Å². The first-order valence-electron chi connectivity index (χ1n) is 7.60. The number of rotatable bonds is 5. The zero-order chi connectivity index (χ0) is 16.2.